The highest BCUT2D eigenvalue weighted by Crippen LogP contribution is 2.33. The summed E-state index contributed by atoms with van der Waals surface area (Å²) in [6.45, 7) is 8.57. The fraction of sp³-hybridized carbons (Fsp3) is 0.667. The highest BCUT2D eigenvalue weighted by atomic mass is 16.5. The van der Waals surface area contributed by atoms with E-state index in [2.05, 4.69) is 24.1 Å². The molecular weight excluding hydrogens is 238 g/mol. The van der Waals surface area contributed by atoms with Crippen LogP contribution in [0.25, 0.3) is 0 Å². The van der Waals surface area contributed by atoms with Crippen molar-refractivity contribution in [1.29, 1.82) is 0 Å². The molecule has 3 N–H and O–H groups in total. The highest BCUT2D eigenvalue weighted by molar-refractivity contribution is 5.54. The number of aromatic nitrogens is 1. The second kappa shape index (κ2) is 5.68. The lowest BCUT2D eigenvalue weighted by atomic mass is 9.98. The second-order valence-electron chi connectivity index (χ2n) is 5.92. The van der Waals surface area contributed by atoms with Gasteiger partial charge in [0, 0.05) is 6.04 Å². The van der Waals surface area contributed by atoms with Crippen LogP contribution in [-0.2, 0) is 0 Å². The van der Waals surface area contributed by atoms with Gasteiger partial charge in [-0.05, 0) is 50.7 Å². The maximum Gasteiger partial charge on any atom is 0.239 e. The Labute approximate surface area is 115 Å². The van der Waals surface area contributed by atoms with E-state index in [9.17, 15) is 0 Å². The van der Waals surface area contributed by atoms with Crippen LogP contribution in [0.4, 0.5) is 11.5 Å². The number of nitrogen functional groups attached to an aromatic ring is 1. The maximum absolute atomic E-state index is 5.88. The Kier molecular flexibility index (Phi) is 4.17. The van der Waals surface area contributed by atoms with E-state index in [1.54, 1.807) is 0 Å². The highest BCUT2D eigenvalue weighted by Gasteiger charge is 2.29. The first-order valence-corrected chi connectivity index (χ1v) is 7.17. The van der Waals surface area contributed by atoms with Crippen molar-refractivity contribution in [2.75, 3.05) is 11.1 Å². The van der Waals surface area contributed by atoms with E-state index in [4.69, 9.17) is 10.5 Å². The molecule has 1 aliphatic rings. The summed E-state index contributed by atoms with van der Waals surface area (Å²) in [5.41, 5.74) is 6.47. The molecule has 2 rings (SSSR count). The number of rotatable bonds is 4. The van der Waals surface area contributed by atoms with E-state index in [-0.39, 0.29) is 6.10 Å². The molecule has 1 fully saturated rings. The Morgan fingerprint density at radius 3 is 2.63 bits per heavy atom. The van der Waals surface area contributed by atoms with Gasteiger partial charge in [0.05, 0.1) is 11.8 Å². The van der Waals surface area contributed by atoms with Crippen LogP contribution in [0.1, 0.15) is 40.5 Å². The van der Waals surface area contributed by atoms with E-state index in [0.29, 0.717) is 23.5 Å². The molecule has 1 aromatic rings. The summed E-state index contributed by atoms with van der Waals surface area (Å²) in [5, 5.41) is 3.52. The topological polar surface area (TPSA) is 60.2 Å². The minimum absolute atomic E-state index is 0.0791. The minimum atomic E-state index is 0.0791. The van der Waals surface area contributed by atoms with E-state index in [0.717, 1.165) is 11.7 Å². The Morgan fingerprint density at radius 1 is 1.32 bits per heavy atom. The molecule has 0 aromatic carbocycles. The summed E-state index contributed by atoms with van der Waals surface area (Å²) < 4.78 is 5.62. The van der Waals surface area contributed by atoms with Crippen molar-refractivity contribution in [3.8, 4) is 5.88 Å². The van der Waals surface area contributed by atoms with E-state index >= 15 is 0 Å². The smallest absolute Gasteiger partial charge is 0.239 e. The molecule has 4 nitrogen and oxygen atoms in total. The zero-order chi connectivity index (χ0) is 14.0. The normalized spacial score (nSPS) is 26.7. The molecule has 0 radical (unpaired) electrons. The number of nitrogens with one attached hydrogen (secondary N) is 1. The van der Waals surface area contributed by atoms with Gasteiger partial charge >= 0.3 is 0 Å². The van der Waals surface area contributed by atoms with Gasteiger partial charge in [-0.25, -0.2) is 0 Å². The van der Waals surface area contributed by atoms with Crippen molar-refractivity contribution in [3.63, 3.8) is 0 Å². The average Bonchev–Trinajstić information content (AvgIpc) is 2.65. The molecule has 106 valence electrons. The number of hydrogen-bond acceptors (Lipinski definition) is 4. The number of pyridine rings is 1. The minimum Gasteiger partial charge on any atom is -0.473 e. The van der Waals surface area contributed by atoms with Gasteiger partial charge in [-0.2, -0.15) is 4.98 Å². The van der Waals surface area contributed by atoms with Crippen molar-refractivity contribution in [3.05, 3.63) is 12.1 Å². The molecule has 0 amide bonds. The van der Waals surface area contributed by atoms with Crippen molar-refractivity contribution in [2.24, 2.45) is 11.8 Å². The van der Waals surface area contributed by atoms with Crippen LogP contribution in [-0.4, -0.2) is 17.1 Å². The van der Waals surface area contributed by atoms with Crippen LogP contribution in [0.5, 0.6) is 5.88 Å². The Hall–Kier alpha value is -1.45. The molecule has 1 heterocycles. The van der Waals surface area contributed by atoms with Crippen molar-refractivity contribution in [1.82, 2.24) is 4.98 Å². The van der Waals surface area contributed by atoms with Gasteiger partial charge in [-0.1, -0.05) is 13.8 Å². The number of ether oxygens (including phenoxy) is 1. The van der Waals surface area contributed by atoms with E-state index in [1.165, 1.54) is 12.8 Å². The summed E-state index contributed by atoms with van der Waals surface area (Å²) in [7, 11) is 0. The van der Waals surface area contributed by atoms with Crippen LogP contribution in [0, 0.1) is 11.8 Å². The van der Waals surface area contributed by atoms with Gasteiger partial charge in [0.25, 0.3) is 0 Å². The van der Waals surface area contributed by atoms with Crippen molar-refractivity contribution < 1.29 is 4.74 Å². The molecule has 0 spiro atoms. The fourth-order valence-corrected chi connectivity index (χ4v) is 2.61. The Balaban J connectivity index is 2.08. The molecule has 19 heavy (non-hydrogen) atoms. The van der Waals surface area contributed by atoms with Crippen molar-refractivity contribution >= 4 is 11.5 Å². The predicted molar refractivity (Wildman–Crippen MR) is 79.4 cm³/mol. The third-order valence-electron chi connectivity index (χ3n) is 4.04. The Bertz CT molecular complexity index is 433. The van der Waals surface area contributed by atoms with Gasteiger partial charge in [0.15, 0.2) is 0 Å². The average molecular weight is 263 g/mol. The summed E-state index contributed by atoms with van der Waals surface area (Å²) in [6.07, 6.45) is 2.56. The summed E-state index contributed by atoms with van der Waals surface area (Å²) >= 11 is 0. The van der Waals surface area contributed by atoms with Crippen LogP contribution < -0.4 is 15.8 Å². The quantitative estimate of drug-likeness (QED) is 0.875. The zero-order valence-corrected chi connectivity index (χ0v) is 12.3. The second-order valence-corrected chi connectivity index (χ2v) is 5.92. The molecule has 0 bridgehead atoms. The zero-order valence-electron chi connectivity index (χ0n) is 12.3. The van der Waals surface area contributed by atoms with Gasteiger partial charge in [-0.3, -0.25) is 0 Å². The molecule has 0 aliphatic heterocycles. The summed E-state index contributed by atoms with van der Waals surface area (Å²) in [5.74, 6) is 2.83. The van der Waals surface area contributed by atoms with Crippen LogP contribution in [0.3, 0.4) is 0 Å². The molecule has 0 saturated heterocycles. The number of anilines is 2. The molecule has 4 heteroatoms. The molecular formula is C15H25N3O. The van der Waals surface area contributed by atoms with E-state index in [1.807, 2.05) is 26.0 Å². The summed E-state index contributed by atoms with van der Waals surface area (Å²) in [4.78, 5) is 4.48. The Morgan fingerprint density at radius 2 is 2.05 bits per heavy atom. The predicted octanol–water partition coefficient (Wildman–Crippen LogP) is 3.30. The van der Waals surface area contributed by atoms with E-state index < -0.39 is 0 Å². The largest absolute Gasteiger partial charge is 0.473 e. The summed E-state index contributed by atoms with van der Waals surface area (Å²) in [6, 6.07) is 4.28. The fourth-order valence-electron chi connectivity index (χ4n) is 2.61. The SMILES string of the molecule is CC(C)Oc1nc(NC2CCC(C)C2C)ccc1N. The number of nitrogens with two attached hydrogens (primary N) is 1. The third kappa shape index (κ3) is 3.31. The first kappa shape index (κ1) is 14.0. The van der Waals surface area contributed by atoms with Gasteiger partial charge in [0.1, 0.15) is 5.82 Å². The standard InChI is InChI=1S/C15H25N3O/c1-9(2)19-15-12(16)6-8-14(18-15)17-13-7-5-10(3)11(13)4/h6,8-11,13H,5,7,16H2,1-4H3,(H,17,18). The van der Waals surface area contributed by atoms with Gasteiger partial charge in [-0.15, -0.1) is 0 Å². The molecule has 3 unspecified atom stereocenters. The van der Waals surface area contributed by atoms with Gasteiger partial charge in [0.2, 0.25) is 5.88 Å². The maximum atomic E-state index is 5.88. The van der Waals surface area contributed by atoms with Crippen LogP contribution in [0.15, 0.2) is 12.1 Å². The first-order valence-electron chi connectivity index (χ1n) is 7.17. The lowest BCUT2D eigenvalue weighted by Crippen LogP contribution is -2.24. The van der Waals surface area contributed by atoms with Gasteiger partial charge < -0.3 is 15.8 Å². The first-order chi connectivity index (χ1) is 8.97. The van der Waals surface area contributed by atoms with Crippen LogP contribution in [0.2, 0.25) is 0 Å². The molecule has 1 aromatic heterocycles. The number of nitrogens with zero attached hydrogens (tertiary/aromatic N) is 1. The van der Waals surface area contributed by atoms with Crippen LogP contribution >= 0.6 is 0 Å². The molecule has 1 saturated carbocycles. The van der Waals surface area contributed by atoms with Crippen molar-refractivity contribution in [2.45, 2.75) is 52.7 Å². The molecule has 1 aliphatic carbocycles. The molecule has 3 atom stereocenters. The number of hydrogen-bond donors (Lipinski definition) is 2. The third-order valence-corrected chi connectivity index (χ3v) is 4.04. The monoisotopic (exact) mass is 263 g/mol. The lowest BCUT2D eigenvalue weighted by Gasteiger charge is -2.21. The lowest BCUT2D eigenvalue weighted by molar-refractivity contribution is 0.234.